The second-order valence-electron chi connectivity index (χ2n) is 22.5. The number of alkyl carbamates (subject to hydrolysis) is 1. The summed E-state index contributed by atoms with van der Waals surface area (Å²) in [6, 6.07) is 8.48. The number of hydrogen-bond donors (Lipinski definition) is 4. The molecule has 3 aliphatic carbocycles. The first-order valence-corrected chi connectivity index (χ1v) is 26.6. The molecule has 5 unspecified atom stereocenters. The molecule has 2 amide bonds. The van der Waals surface area contributed by atoms with Crippen LogP contribution in [0.1, 0.15) is 171 Å². The highest BCUT2D eigenvalue weighted by Crippen LogP contribution is 2.55. The summed E-state index contributed by atoms with van der Waals surface area (Å²) >= 11 is 0. The van der Waals surface area contributed by atoms with E-state index in [-0.39, 0.29) is 12.5 Å². The van der Waals surface area contributed by atoms with E-state index < -0.39 is 40.5 Å². The predicted octanol–water partition coefficient (Wildman–Crippen LogP) is 12.4. The summed E-state index contributed by atoms with van der Waals surface area (Å²) in [7, 11) is 1.40. The largest absolute Gasteiger partial charge is 0.469 e. The predicted molar refractivity (Wildman–Crippen MR) is 285 cm³/mol. The number of carbonyl (C=O) groups excluding carboxylic acids is 3. The molecule has 0 aromatic carbocycles. The summed E-state index contributed by atoms with van der Waals surface area (Å²) < 4.78 is 17.6. The van der Waals surface area contributed by atoms with Gasteiger partial charge in [-0.05, 0) is 169 Å². The minimum atomic E-state index is -1.04. The number of carbonyl (C=O) groups is 3. The van der Waals surface area contributed by atoms with E-state index >= 15 is 0 Å². The zero-order valence-corrected chi connectivity index (χ0v) is 44.5. The fourth-order valence-electron chi connectivity index (χ4n) is 12.3. The molecule has 2 fully saturated rings. The smallest absolute Gasteiger partial charge is 0.407 e. The van der Waals surface area contributed by atoms with Crippen molar-refractivity contribution in [2.24, 2.45) is 29.6 Å². The molecule has 0 saturated heterocycles. The van der Waals surface area contributed by atoms with Crippen LogP contribution in [0.5, 0.6) is 0 Å². The maximum absolute atomic E-state index is 14.8. The molecule has 8 bridgehead atoms. The molecule has 3 aromatic heterocycles. The Kier molecular flexibility index (Phi) is 15.3. The van der Waals surface area contributed by atoms with Crippen LogP contribution in [0.15, 0.2) is 36.9 Å². The zero-order valence-electron chi connectivity index (χ0n) is 44.5. The highest BCUT2D eigenvalue weighted by Gasteiger charge is 2.56. The van der Waals surface area contributed by atoms with Gasteiger partial charge in [-0.25, -0.2) is 9.78 Å². The number of nitrogens with one attached hydrogen (secondary N) is 4. The highest BCUT2D eigenvalue weighted by molar-refractivity contribution is 5.95. The van der Waals surface area contributed by atoms with Gasteiger partial charge in [-0.15, -0.1) is 0 Å². The van der Waals surface area contributed by atoms with Crippen LogP contribution < -0.4 is 10.6 Å². The van der Waals surface area contributed by atoms with E-state index in [4.69, 9.17) is 24.2 Å². The third-order valence-corrected chi connectivity index (χ3v) is 16.6. The summed E-state index contributed by atoms with van der Waals surface area (Å²) in [6.45, 7) is 26.0. The molecule has 12 nitrogen and oxygen atoms in total. The third-order valence-electron chi connectivity index (χ3n) is 16.6. The number of hydrogen-bond acceptors (Lipinski definition) is 8. The molecule has 4 N–H and O–H groups in total. The number of nitrogens with zero attached hydrogens (tertiary/aromatic N) is 2. The van der Waals surface area contributed by atoms with E-state index in [2.05, 4.69) is 92.1 Å². The lowest BCUT2D eigenvalue weighted by molar-refractivity contribution is -0.153. The van der Waals surface area contributed by atoms with Gasteiger partial charge < -0.3 is 34.8 Å². The van der Waals surface area contributed by atoms with Crippen LogP contribution in [0.25, 0.3) is 44.9 Å². The number of aryl methyl sites for hydroxylation is 3. The van der Waals surface area contributed by atoms with Crippen LogP contribution >= 0.6 is 0 Å². The number of methoxy groups -OCH3 is 1. The first kappa shape index (κ1) is 51.9. The van der Waals surface area contributed by atoms with Crippen molar-refractivity contribution in [1.82, 2.24) is 30.6 Å². The molecule has 12 heteroatoms. The number of ether oxygens (including phenoxy) is 3. The van der Waals surface area contributed by atoms with Crippen molar-refractivity contribution >= 4 is 62.8 Å². The standard InChI is InChI=1S/C59H80N6O6/c1-13-20-38-35(5)45-28-48-37(15-3)34(4)46(61-48)29-51-44-25-24-42(53(55(67)69-12)59(44,11)52(64-51)31-47-36(6)39(21-14-2)50(63-47)30-49(38)62-45)54(66)65-57(7,8)26-27-71-58(9,10)33-60-56(68)70-32-43-40-22-18-16-17-19-23-41(40)43/h15,25,28-31,40-43,53,61,63H,3,13-14,16-24,26-27,32-33H2,1-2,4-12H3,(H,60,68)(H,65,66). The Bertz CT molecular complexity index is 2780. The van der Waals surface area contributed by atoms with E-state index in [9.17, 15) is 14.4 Å². The van der Waals surface area contributed by atoms with Crippen molar-refractivity contribution in [2.45, 2.75) is 163 Å². The second-order valence-corrected chi connectivity index (χ2v) is 22.5. The molecule has 2 aliphatic heterocycles. The zero-order chi connectivity index (χ0) is 51.0. The molecule has 5 atom stereocenters. The fraction of sp³-hybridized carbons (Fsp3) is 0.576. The Morgan fingerprint density at radius 1 is 0.859 bits per heavy atom. The first-order valence-electron chi connectivity index (χ1n) is 26.6. The van der Waals surface area contributed by atoms with Crippen LogP contribution in [-0.4, -0.2) is 75.9 Å². The lowest BCUT2D eigenvalue weighted by atomic mass is 9.60. The molecule has 5 heterocycles. The average molecular weight is 969 g/mol. The number of amides is 2. The van der Waals surface area contributed by atoms with Crippen LogP contribution in [-0.2, 0) is 35.6 Å². The average Bonchev–Trinajstić information content (AvgIpc) is 3.45. The molecular formula is C59H80N6O6. The molecule has 8 rings (SSSR count). The van der Waals surface area contributed by atoms with Gasteiger partial charge >= 0.3 is 12.1 Å². The Hall–Kier alpha value is -5.49. The summed E-state index contributed by atoms with van der Waals surface area (Å²) in [5.74, 6) is -0.448. The van der Waals surface area contributed by atoms with E-state index in [1.165, 1.54) is 62.3 Å². The minimum Gasteiger partial charge on any atom is -0.469 e. The van der Waals surface area contributed by atoms with Gasteiger partial charge in [0.2, 0.25) is 5.91 Å². The van der Waals surface area contributed by atoms with Gasteiger partial charge in [0.1, 0.15) is 0 Å². The maximum atomic E-state index is 14.8. The highest BCUT2D eigenvalue weighted by atomic mass is 16.6. The summed E-state index contributed by atoms with van der Waals surface area (Å²) in [4.78, 5) is 60.1. The molecule has 0 radical (unpaired) electrons. The van der Waals surface area contributed by atoms with Crippen molar-refractivity contribution < 1.29 is 28.6 Å². The van der Waals surface area contributed by atoms with Crippen molar-refractivity contribution in [3.8, 4) is 0 Å². The minimum absolute atomic E-state index is 0.240. The molecular weight excluding hydrogens is 889 g/mol. The topological polar surface area (TPSA) is 160 Å². The first-order chi connectivity index (χ1) is 33.8. The van der Waals surface area contributed by atoms with Crippen molar-refractivity contribution in [3.05, 3.63) is 81.9 Å². The maximum Gasteiger partial charge on any atom is 0.407 e. The van der Waals surface area contributed by atoms with E-state index in [1.54, 1.807) is 0 Å². The quantitative estimate of drug-likeness (QED) is 0.103. The third kappa shape index (κ3) is 10.6. The number of H-pyrrole nitrogens is 2. The Labute approximate surface area is 421 Å². The van der Waals surface area contributed by atoms with Gasteiger partial charge in [0.25, 0.3) is 0 Å². The second kappa shape index (κ2) is 20.9. The van der Waals surface area contributed by atoms with Crippen molar-refractivity contribution in [1.29, 1.82) is 0 Å². The molecule has 2 saturated carbocycles. The van der Waals surface area contributed by atoms with Gasteiger partial charge in [-0.3, -0.25) is 14.6 Å². The molecule has 3 aromatic rings. The number of aromatic nitrogens is 4. The van der Waals surface area contributed by atoms with Crippen molar-refractivity contribution in [3.63, 3.8) is 0 Å². The summed E-state index contributed by atoms with van der Waals surface area (Å²) in [5.41, 5.74) is 12.2. The van der Waals surface area contributed by atoms with E-state index in [1.807, 2.05) is 40.7 Å². The van der Waals surface area contributed by atoms with E-state index in [0.717, 1.165) is 87.1 Å². The number of allylic oxidation sites excluding steroid dienone is 4. The lowest BCUT2D eigenvalue weighted by Crippen LogP contribution is -2.53. The molecule has 382 valence electrons. The summed E-state index contributed by atoms with van der Waals surface area (Å²) in [5, 5.41) is 6.22. The van der Waals surface area contributed by atoms with Crippen LogP contribution in [0.4, 0.5) is 4.79 Å². The number of fused-ring (bicyclic) bond motifs is 12. The van der Waals surface area contributed by atoms with Gasteiger partial charge in [0, 0.05) is 46.3 Å². The molecule has 0 spiro atoms. The van der Waals surface area contributed by atoms with Gasteiger partial charge in [0.05, 0.1) is 59.3 Å². The Morgan fingerprint density at radius 3 is 2.20 bits per heavy atom. The number of esters is 1. The SMILES string of the molecule is C=Cc1c(C)c2cc3nc(cc4[nH]c(cc5nc(cc1[nH]2)C(C)=C5CCC)c(CCC)c4C)C1(C)C3=CCC(C(=O)NC(C)(C)CCOC(C)(C)CNC(=O)OCC2C3CCCCCCC32)C1C(=O)OC. The Morgan fingerprint density at radius 2 is 1.52 bits per heavy atom. The number of aromatic amines is 2. The normalized spacial score (nSPS) is 23.1. The Balaban J connectivity index is 1.07. The lowest BCUT2D eigenvalue weighted by Gasteiger charge is -2.42. The molecule has 71 heavy (non-hydrogen) atoms. The van der Waals surface area contributed by atoms with Crippen LogP contribution in [0.2, 0.25) is 0 Å². The van der Waals surface area contributed by atoms with Crippen LogP contribution in [0.3, 0.4) is 0 Å². The van der Waals surface area contributed by atoms with Gasteiger partial charge in [-0.2, -0.15) is 0 Å². The fourth-order valence-corrected chi connectivity index (χ4v) is 12.3. The molecule has 5 aliphatic rings. The van der Waals surface area contributed by atoms with Crippen molar-refractivity contribution in [2.75, 3.05) is 26.9 Å². The monoisotopic (exact) mass is 969 g/mol. The van der Waals surface area contributed by atoms with Crippen LogP contribution in [0, 0.1) is 43.4 Å². The van der Waals surface area contributed by atoms with E-state index in [0.29, 0.717) is 49.5 Å². The summed E-state index contributed by atoms with van der Waals surface area (Å²) in [6.07, 6.45) is 15.8. The van der Waals surface area contributed by atoms with Gasteiger partial charge in [-0.1, -0.05) is 71.1 Å². The number of rotatable bonds is 16. The van der Waals surface area contributed by atoms with Gasteiger partial charge in [0.15, 0.2) is 0 Å².